The number of fused-ring (bicyclic) bond motifs is 13. The molecule has 6 aromatic rings. The van der Waals surface area contributed by atoms with Gasteiger partial charge in [-0.3, -0.25) is 24.5 Å². The lowest BCUT2D eigenvalue weighted by molar-refractivity contribution is -0.183. The van der Waals surface area contributed by atoms with E-state index in [4.69, 9.17) is 4.74 Å². The maximum Gasteiger partial charge on any atom is 0.261 e. The van der Waals surface area contributed by atoms with Crippen molar-refractivity contribution < 1.29 is 29.0 Å². The standard InChI is InChI=1S/C38H32N6O6/c1-37-38(49,36(48)40-21-11-8-10-20(18-21)39-26(45)16-9-17-42(2)3)19-27(50-37)43-24-14-6-4-12-22(24)28-30-31(35(47)41-34(30)46)29-23-13-5-7-15-25(23)44(37)33(29)32(28)43/h4-16,18,27,49H,17,19H2,1-3H3,(H,39,45)(H,40,48)(H,41,46,47)/b16-9+/t27?,37-,38-/m0/s1. The molecule has 0 spiro atoms. The lowest BCUT2D eigenvalue weighted by Crippen LogP contribution is -2.57. The largest absolute Gasteiger partial charge is 0.376 e. The van der Waals surface area contributed by atoms with E-state index in [1.54, 1.807) is 37.3 Å². The summed E-state index contributed by atoms with van der Waals surface area (Å²) in [4.78, 5) is 56.0. The van der Waals surface area contributed by atoms with Crippen LogP contribution in [0.25, 0.3) is 43.6 Å². The smallest absolute Gasteiger partial charge is 0.261 e. The number of nitrogens with zero attached hydrogens (tertiary/aromatic N) is 3. The summed E-state index contributed by atoms with van der Waals surface area (Å²) < 4.78 is 10.6. The Labute approximate surface area is 284 Å². The van der Waals surface area contributed by atoms with E-state index in [9.17, 15) is 24.3 Å². The Morgan fingerprint density at radius 3 is 2.24 bits per heavy atom. The van der Waals surface area contributed by atoms with E-state index in [0.29, 0.717) is 56.2 Å². The van der Waals surface area contributed by atoms with Crippen LogP contribution in [0.4, 0.5) is 11.4 Å². The van der Waals surface area contributed by atoms with Crippen LogP contribution in [-0.4, -0.2) is 69.0 Å². The van der Waals surface area contributed by atoms with Crippen LogP contribution >= 0.6 is 0 Å². The summed E-state index contributed by atoms with van der Waals surface area (Å²) in [6, 6.07) is 21.7. The average Bonchev–Trinajstić information content (AvgIpc) is 3.75. The normalized spacial score (nSPS) is 22.4. The molecule has 12 nitrogen and oxygen atoms in total. The number of carbonyl (C=O) groups excluding carboxylic acids is 4. The van der Waals surface area contributed by atoms with E-state index in [1.165, 1.54) is 6.08 Å². The molecular weight excluding hydrogens is 636 g/mol. The van der Waals surface area contributed by atoms with Gasteiger partial charge < -0.3 is 34.5 Å². The van der Waals surface area contributed by atoms with E-state index in [2.05, 4.69) is 16.0 Å². The number of carbonyl (C=O) groups is 4. The maximum atomic E-state index is 14.5. The van der Waals surface area contributed by atoms with Gasteiger partial charge in [0.25, 0.3) is 17.7 Å². The van der Waals surface area contributed by atoms with Gasteiger partial charge in [0.1, 0.15) is 6.23 Å². The van der Waals surface area contributed by atoms with Crippen LogP contribution in [0.2, 0.25) is 0 Å². The number of hydrogen-bond acceptors (Lipinski definition) is 7. The molecule has 1 saturated heterocycles. The SMILES string of the molecule is CN(C)C/C=C/C(=O)Nc1cccc(NC(=O)[C@@]2(O)CC3O[C@]2(C)n2c4ccccc4c4c5c(c6c7ccccc7n3c6c42)C(=O)NC5=O)c1. The second-order valence-electron chi connectivity index (χ2n) is 13.5. The number of aromatic nitrogens is 2. The van der Waals surface area contributed by atoms with Gasteiger partial charge in [-0.15, -0.1) is 0 Å². The Balaban J connectivity index is 1.22. The van der Waals surface area contributed by atoms with Crippen LogP contribution in [0.1, 0.15) is 40.3 Å². The van der Waals surface area contributed by atoms with Gasteiger partial charge in [0.05, 0.1) is 33.2 Å². The van der Waals surface area contributed by atoms with Crippen LogP contribution in [0, 0.1) is 0 Å². The highest BCUT2D eigenvalue weighted by molar-refractivity contribution is 6.39. The summed E-state index contributed by atoms with van der Waals surface area (Å²) >= 11 is 0. The van der Waals surface area contributed by atoms with Gasteiger partial charge in [-0.1, -0.05) is 48.5 Å². The molecule has 250 valence electrons. The van der Waals surface area contributed by atoms with Crippen LogP contribution in [-0.2, 0) is 20.1 Å². The topological polar surface area (TPSA) is 147 Å². The second kappa shape index (κ2) is 10.3. The average molecular weight is 669 g/mol. The summed E-state index contributed by atoms with van der Waals surface area (Å²) in [7, 11) is 3.81. The number of nitrogens with one attached hydrogen (secondary N) is 3. The Morgan fingerprint density at radius 1 is 0.920 bits per heavy atom. The molecule has 3 atom stereocenters. The zero-order valence-corrected chi connectivity index (χ0v) is 27.4. The van der Waals surface area contributed by atoms with Gasteiger partial charge in [0, 0.05) is 52.0 Å². The fraction of sp³-hybridized carbons (Fsp3) is 0.211. The number of para-hydroxylation sites is 2. The lowest BCUT2D eigenvalue weighted by atomic mass is 9.87. The van der Waals surface area contributed by atoms with Crippen LogP contribution in [0.15, 0.2) is 84.9 Å². The Kier molecular flexibility index (Phi) is 6.26. The zero-order valence-electron chi connectivity index (χ0n) is 27.4. The van der Waals surface area contributed by atoms with Crippen molar-refractivity contribution in [1.82, 2.24) is 19.4 Å². The predicted octanol–water partition coefficient (Wildman–Crippen LogP) is 4.82. The van der Waals surface area contributed by atoms with E-state index in [0.717, 1.165) is 10.9 Å². The molecule has 0 aliphatic carbocycles. The van der Waals surface area contributed by atoms with Gasteiger partial charge >= 0.3 is 0 Å². The van der Waals surface area contributed by atoms with Crippen molar-refractivity contribution in [3.05, 3.63) is 96.1 Å². The minimum absolute atomic E-state index is 0.119. The van der Waals surface area contributed by atoms with Gasteiger partial charge in [0.15, 0.2) is 11.3 Å². The molecule has 4 amide bonds. The first-order chi connectivity index (χ1) is 24.0. The molecule has 1 fully saturated rings. The van der Waals surface area contributed by atoms with E-state index in [1.807, 2.05) is 76.7 Å². The van der Waals surface area contributed by atoms with E-state index in [-0.39, 0.29) is 17.9 Å². The quantitative estimate of drug-likeness (QED) is 0.147. The molecule has 5 heterocycles. The number of imide groups is 1. The number of aliphatic hydroxyl groups is 1. The zero-order chi connectivity index (χ0) is 34.7. The van der Waals surface area contributed by atoms with Crippen molar-refractivity contribution in [1.29, 1.82) is 0 Å². The van der Waals surface area contributed by atoms with Crippen molar-refractivity contribution in [2.24, 2.45) is 0 Å². The van der Waals surface area contributed by atoms with Crippen molar-refractivity contribution >= 4 is 78.6 Å². The first-order valence-corrected chi connectivity index (χ1v) is 16.3. The summed E-state index contributed by atoms with van der Waals surface area (Å²) in [6.07, 6.45) is 2.26. The van der Waals surface area contributed by atoms with Crippen LogP contribution in [0.3, 0.4) is 0 Å². The third kappa shape index (κ3) is 3.91. The number of hydrogen-bond donors (Lipinski definition) is 4. The molecule has 0 saturated carbocycles. The molecule has 4 N–H and O–H groups in total. The first kappa shape index (κ1) is 30.3. The lowest BCUT2D eigenvalue weighted by Gasteiger charge is -2.38. The van der Waals surface area contributed by atoms with Crippen LogP contribution < -0.4 is 16.0 Å². The number of anilines is 2. The third-order valence-corrected chi connectivity index (χ3v) is 10.3. The molecule has 3 aliphatic rings. The highest BCUT2D eigenvalue weighted by Crippen LogP contribution is 2.57. The van der Waals surface area contributed by atoms with Crippen molar-refractivity contribution in [2.45, 2.75) is 30.9 Å². The summed E-state index contributed by atoms with van der Waals surface area (Å²) in [5, 5.41) is 23.6. The molecule has 3 aliphatic heterocycles. The monoisotopic (exact) mass is 668 g/mol. The Morgan fingerprint density at radius 2 is 1.54 bits per heavy atom. The highest BCUT2D eigenvalue weighted by atomic mass is 16.6. The first-order valence-electron chi connectivity index (χ1n) is 16.3. The fourth-order valence-corrected chi connectivity index (χ4v) is 8.14. The van der Waals surface area contributed by atoms with Gasteiger partial charge in [0.2, 0.25) is 5.91 Å². The molecule has 12 heteroatoms. The molecule has 50 heavy (non-hydrogen) atoms. The Hall–Kier alpha value is -5.82. The molecule has 9 rings (SSSR count). The summed E-state index contributed by atoms with van der Waals surface area (Å²) in [6.45, 7) is 2.30. The molecule has 0 radical (unpaired) electrons. The Bertz CT molecular complexity index is 2560. The molecule has 2 bridgehead atoms. The molecule has 2 aromatic heterocycles. The molecule has 1 unspecified atom stereocenters. The number of benzene rings is 4. The number of amides is 4. The number of likely N-dealkylation sites (N-methyl/N-ethyl adjacent to an activating group) is 1. The minimum atomic E-state index is -2.13. The van der Waals surface area contributed by atoms with Crippen LogP contribution in [0.5, 0.6) is 0 Å². The van der Waals surface area contributed by atoms with Crippen molar-refractivity contribution in [3.8, 4) is 0 Å². The maximum absolute atomic E-state index is 14.5. The van der Waals surface area contributed by atoms with Crippen molar-refractivity contribution in [3.63, 3.8) is 0 Å². The molecular formula is C38H32N6O6. The number of rotatable bonds is 6. The second-order valence-corrected chi connectivity index (χ2v) is 13.5. The van der Waals surface area contributed by atoms with E-state index >= 15 is 0 Å². The number of ether oxygens (including phenoxy) is 1. The minimum Gasteiger partial charge on any atom is -0.376 e. The summed E-state index contributed by atoms with van der Waals surface area (Å²) in [5.74, 6) is -1.98. The predicted molar refractivity (Wildman–Crippen MR) is 189 cm³/mol. The van der Waals surface area contributed by atoms with Gasteiger partial charge in [-0.2, -0.15) is 0 Å². The summed E-state index contributed by atoms with van der Waals surface area (Å²) in [5.41, 5.74) is 0.252. The van der Waals surface area contributed by atoms with Crippen molar-refractivity contribution in [2.75, 3.05) is 31.3 Å². The third-order valence-electron chi connectivity index (χ3n) is 10.3. The fourth-order valence-electron chi connectivity index (χ4n) is 8.14. The van der Waals surface area contributed by atoms with Gasteiger partial charge in [-0.25, -0.2) is 0 Å². The highest BCUT2D eigenvalue weighted by Gasteiger charge is 2.65. The van der Waals surface area contributed by atoms with Gasteiger partial charge in [-0.05, 0) is 51.4 Å². The molecule has 4 aromatic carbocycles. The van der Waals surface area contributed by atoms with E-state index < -0.39 is 35.3 Å².